The summed E-state index contributed by atoms with van der Waals surface area (Å²) in [5, 5.41) is 10.2. The minimum Gasteiger partial charge on any atom is -0.348 e. The summed E-state index contributed by atoms with van der Waals surface area (Å²) in [6.07, 6.45) is 9.40. The van der Waals surface area contributed by atoms with Crippen LogP contribution < -0.4 is 5.32 Å². The maximum Gasteiger partial charge on any atom is 0.267 e. The molecule has 4 atom stereocenters. The van der Waals surface area contributed by atoms with Gasteiger partial charge in [-0.25, -0.2) is 0 Å². The molecule has 0 radical (unpaired) electrons. The smallest absolute Gasteiger partial charge is 0.267 e. The Balaban J connectivity index is 1.43. The highest BCUT2D eigenvalue weighted by molar-refractivity contribution is 6.39. The molecule has 140 valence electrons. The second-order valence-corrected chi connectivity index (χ2v) is 8.30. The largest absolute Gasteiger partial charge is 0.348 e. The second-order valence-electron chi connectivity index (χ2n) is 8.30. The minimum absolute atomic E-state index is 0.0708. The van der Waals surface area contributed by atoms with Crippen molar-refractivity contribution in [3.8, 4) is 0 Å². The maximum absolute atomic E-state index is 12.9. The number of carbonyl (C=O) groups excluding carboxylic acids is 1. The first-order valence-corrected chi connectivity index (χ1v) is 10.4. The fourth-order valence-corrected chi connectivity index (χ4v) is 5.06. The third kappa shape index (κ3) is 3.65. The van der Waals surface area contributed by atoms with Crippen LogP contribution in [0.15, 0.2) is 35.4 Å². The number of benzene rings is 1. The van der Waals surface area contributed by atoms with E-state index < -0.39 is 0 Å². The lowest BCUT2D eigenvalue weighted by Crippen LogP contribution is -2.41. The van der Waals surface area contributed by atoms with Gasteiger partial charge in [0.15, 0.2) is 0 Å². The van der Waals surface area contributed by atoms with Gasteiger partial charge in [-0.05, 0) is 43.1 Å². The summed E-state index contributed by atoms with van der Waals surface area (Å²) >= 11 is 0. The van der Waals surface area contributed by atoms with Crippen molar-refractivity contribution in [2.24, 2.45) is 16.9 Å². The van der Waals surface area contributed by atoms with E-state index in [4.69, 9.17) is 5.10 Å². The van der Waals surface area contributed by atoms with E-state index in [0.717, 1.165) is 31.0 Å². The normalized spacial score (nSPS) is 29.9. The van der Waals surface area contributed by atoms with E-state index in [1.807, 2.05) is 6.07 Å². The molecule has 26 heavy (non-hydrogen) atoms. The Morgan fingerprint density at radius 2 is 2.04 bits per heavy atom. The Kier molecular flexibility index (Phi) is 5.28. The molecular formula is C22H31N3O. The monoisotopic (exact) mass is 353 g/mol. The van der Waals surface area contributed by atoms with E-state index in [0.29, 0.717) is 12.0 Å². The van der Waals surface area contributed by atoms with Crippen LogP contribution in [0, 0.1) is 11.8 Å². The zero-order valence-corrected chi connectivity index (χ0v) is 15.9. The van der Waals surface area contributed by atoms with Crippen LogP contribution in [-0.2, 0) is 4.79 Å². The molecule has 4 nitrogen and oxygen atoms in total. The van der Waals surface area contributed by atoms with Crippen LogP contribution in [0.3, 0.4) is 0 Å². The Labute approximate surface area is 157 Å². The van der Waals surface area contributed by atoms with Crippen LogP contribution in [0.4, 0.5) is 0 Å². The Bertz CT molecular complexity index is 657. The number of rotatable bonds is 7. The number of unbranched alkanes of at least 4 members (excludes halogenated alkanes) is 2. The van der Waals surface area contributed by atoms with Gasteiger partial charge in [0.2, 0.25) is 0 Å². The summed E-state index contributed by atoms with van der Waals surface area (Å²) in [5.74, 6) is 1.62. The van der Waals surface area contributed by atoms with Gasteiger partial charge in [0.25, 0.3) is 5.91 Å². The molecule has 3 aliphatic rings. The highest BCUT2D eigenvalue weighted by atomic mass is 16.2. The number of nitrogens with zero attached hydrogens (tertiary/aromatic N) is 2. The summed E-state index contributed by atoms with van der Waals surface area (Å²) in [6, 6.07) is 11.1. The molecule has 4 unspecified atom stereocenters. The second kappa shape index (κ2) is 7.81. The van der Waals surface area contributed by atoms with Gasteiger partial charge in [-0.2, -0.15) is 5.10 Å². The molecule has 0 spiro atoms. The topological polar surface area (TPSA) is 44.7 Å². The van der Waals surface area contributed by atoms with Crippen LogP contribution in [0.1, 0.15) is 69.9 Å². The average Bonchev–Trinajstić information content (AvgIpc) is 3.38. The molecule has 2 bridgehead atoms. The number of fused-ring (bicyclic) bond motifs is 2. The van der Waals surface area contributed by atoms with E-state index >= 15 is 0 Å². The number of carbonyl (C=O) groups is 1. The zero-order chi connectivity index (χ0) is 17.9. The molecule has 4 heteroatoms. The summed E-state index contributed by atoms with van der Waals surface area (Å²) < 4.78 is 0. The third-order valence-corrected chi connectivity index (χ3v) is 6.49. The molecule has 1 aromatic carbocycles. The van der Waals surface area contributed by atoms with Crippen molar-refractivity contribution in [2.75, 3.05) is 6.54 Å². The van der Waals surface area contributed by atoms with Gasteiger partial charge in [0, 0.05) is 19.0 Å². The van der Waals surface area contributed by atoms with Gasteiger partial charge in [0.1, 0.15) is 5.71 Å². The van der Waals surface area contributed by atoms with Gasteiger partial charge in [-0.15, -0.1) is 0 Å². The lowest BCUT2D eigenvalue weighted by Gasteiger charge is -2.23. The van der Waals surface area contributed by atoms with E-state index in [1.165, 1.54) is 44.1 Å². The number of hydrogen-bond donors (Lipinski definition) is 1. The molecular weight excluding hydrogens is 322 g/mol. The van der Waals surface area contributed by atoms with E-state index in [2.05, 4.69) is 41.5 Å². The SMILES string of the molecule is CCCCCN1N=C(C(=O)NC2CC3CCC2C3)CC1c1ccccc1. The van der Waals surface area contributed by atoms with Crippen molar-refractivity contribution in [3.05, 3.63) is 35.9 Å². The fourth-order valence-electron chi connectivity index (χ4n) is 5.06. The molecule has 2 saturated carbocycles. The molecule has 1 amide bonds. The Morgan fingerprint density at radius 1 is 1.19 bits per heavy atom. The first-order chi connectivity index (χ1) is 12.7. The zero-order valence-electron chi connectivity index (χ0n) is 15.9. The summed E-state index contributed by atoms with van der Waals surface area (Å²) in [5.41, 5.74) is 1.98. The number of hydrazone groups is 1. The maximum atomic E-state index is 12.9. The van der Waals surface area contributed by atoms with E-state index in [1.54, 1.807) is 0 Å². The number of nitrogens with one attached hydrogen (secondary N) is 1. The lowest BCUT2D eigenvalue weighted by molar-refractivity contribution is -0.115. The van der Waals surface area contributed by atoms with Crippen LogP contribution in [-0.4, -0.2) is 29.2 Å². The average molecular weight is 354 g/mol. The van der Waals surface area contributed by atoms with Gasteiger partial charge in [-0.1, -0.05) is 56.5 Å². The van der Waals surface area contributed by atoms with Crippen LogP contribution in [0.25, 0.3) is 0 Å². The number of amides is 1. The Morgan fingerprint density at radius 3 is 2.73 bits per heavy atom. The quantitative estimate of drug-likeness (QED) is 0.744. The highest BCUT2D eigenvalue weighted by Crippen LogP contribution is 2.44. The molecule has 1 heterocycles. The minimum atomic E-state index is 0.0708. The first kappa shape index (κ1) is 17.6. The summed E-state index contributed by atoms with van der Waals surface area (Å²) in [6.45, 7) is 3.15. The predicted molar refractivity (Wildman–Crippen MR) is 105 cm³/mol. The highest BCUT2D eigenvalue weighted by Gasteiger charge is 2.41. The van der Waals surface area contributed by atoms with Crippen molar-refractivity contribution in [3.63, 3.8) is 0 Å². The van der Waals surface area contributed by atoms with Crippen molar-refractivity contribution in [1.29, 1.82) is 0 Å². The fraction of sp³-hybridized carbons (Fsp3) is 0.636. The molecule has 0 saturated heterocycles. The van der Waals surface area contributed by atoms with Gasteiger partial charge < -0.3 is 5.32 Å². The standard InChI is InChI=1S/C22H31N3O/c1-2-3-7-12-25-21(17-8-5-4-6-9-17)15-20(24-25)22(26)23-19-14-16-10-11-18(19)13-16/h4-6,8-9,16,18-19,21H,2-3,7,10-15H2,1H3,(H,23,26). The number of hydrogen-bond acceptors (Lipinski definition) is 3. The predicted octanol–water partition coefficient (Wildman–Crippen LogP) is 4.28. The van der Waals surface area contributed by atoms with Crippen LogP contribution in [0.2, 0.25) is 0 Å². The first-order valence-electron chi connectivity index (χ1n) is 10.4. The molecule has 4 rings (SSSR count). The molecule has 1 aliphatic heterocycles. The van der Waals surface area contributed by atoms with Crippen LogP contribution >= 0.6 is 0 Å². The van der Waals surface area contributed by atoms with Crippen molar-refractivity contribution in [1.82, 2.24) is 10.3 Å². The van der Waals surface area contributed by atoms with Gasteiger partial charge in [-0.3, -0.25) is 9.80 Å². The van der Waals surface area contributed by atoms with Crippen LogP contribution in [0.5, 0.6) is 0 Å². The van der Waals surface area contributed by atoms with E-state index in [9.17, 15) is 4.79 Å². The molecule has 2 aliphatic carbocycles. The molecule has 2 fully saturated rings. The van der Waals surface area contributed by atoms with E-state index in [-0.39, 0.29) is 11.9 Å². The molecule has 1 N–H and O–H groups in total. The van der Waals surface area contributed by atoms with Gasteiger partial charge in [0.05, 0.1) is 6.04 Å². The third-order valence-electron chi connectivity index (χ3n) is 6.49. The molecule has 1 aromatic rings. The van der Waals surface area contributed by atoms with Crippen molar-refractivity contribution >= 4 is 11.6 Å². The van der Waals surface area contributed by atoms with Crippen molar-refractivity contribution in [2.45, 2.75) is 70.4 Å². The Hall–Kier alpha value is -1.84. The molecule has 0 aromatic heterocycles. The van der Waals surface area contributed by atoms with Crippen molar-refractivity contribution < 1.29 is 4.79 Å². The summed E-state index contributed by atoms with van der Waals surface area (Å²) in [4.78, 5) is 12.9. The lowest BCUT2D eigenvalue weighted by atomic mass is 9.95. The van der Waals surface area contributed by atoms with Gasteiger partial charge >= 0.3 is 0 Å². The summed E-state index contributed by atoms with van der Waals surface area (Å²) in [7, 11) is 0.